The van der Waals surface area contributed by atoms with Gasteiger partial charge >= 0.3 is 0 Å². The van der Waals surface area contributed by atoms with Gasteiger partial charge in [-0.05, 0) is 19.8 Å². The minimum Gasteiger partial charge on any atom is -0.378 e. The Kier molecular flexibility index (Phi) is 7.22. The molecule has 1 fully saturated rings. The highest BCUT2D eigenvalue weighted by Gasteiger charge is 2.63. The summed E-state index contributed by atoms with van der Waals surface area (Å²) in [6, 6.07) is 0. The van der Waals surface area contributed by atoms with Crippen molar-refractivity contribution in [2.75, 3.05) is 20.2 Å². The molecular weight excluding hydrogens is 276 g/mol. The highest BCUT2D eigenvalue weighted by atomic mass is 35.5. The number of rotatable bonds is 7. The SMILES string of the molecule is C=CCCCN(C)C(=O)C1(N)CC(OCC)C1(C)C.Cl. The molecule has 1 rings (SSSR count). The second-order valence-electron chi connectivity index (χ2n) is 6.00. The first-order valence-electron chi connectivity index (χ1n) is 7.08. The first-order valence-corrected chi connectivity index (χ1v) is 7.08. The monoisotopic (exact) mass is 304 g/mol. The van der Waals surface area contributed by atoms with Crippen LogP contribution in [0.2, 0.25) is 0 Å². The summed E-state index contributed by atoms with van der Waals surface area (Å²) in [5.74, 6) is 0.0255. The number of carbonyl (C=O) groups excluding carboxylic acids is 1. The van der Waals surface area contributed by atoms with Gasteiger partial charge < -0.3 is 15.4 Å². The topological polar surface area (TPSA) is 55.6 Å². The Bertz CT molecular complexity index is 347. The van der Waals surface area contributed by atoms with Gasteiger partial charge in [0, 0.05) is 32.0 Å². The molecule has 0 saturated heterocycles. The molecule has 1 amide bonds. The summed E-state index contributed by atoms with van der Waals surface area (Å²) in [7, 11) is 1.82. The van der Waals surface area contributed by atoms with Crippen LogP contribution in [0.4, 0.5) is 0 Å². The zero-order chi connectivity index (χ0) is 14.7. The molecule has 1 aliphatic carbocycles. The van der Waals surface area contributed by atoms with E-state index in [1.165, 1.54) is 0 Å². The molecule has 4 nitrogen and oxygen atoms in total. The summed E-state index contributed by atoms with van der Waals surface area (Å²) in [4.78, 5) is 14.3. The maximum atomic E-state index is 12.5. The average Bonchev–Trinajstić information content (AvgIpc) is 2.37. The average molecular weight is 305 g/mol. The minimum absolute atomic E-state index is 0. The van der Waals surface area contributed by atoms with Crippen LogP contribution in [-0.2, 0) is 9.53 Å². The largest absolute Gasteiger partial charge is 0.378 e. The Balaban J connectivity index is 0.00000361. The van der Waals surface area contributed by atoms with Crippen molar-refractivity contribution >= 4 is 18.3 Å². The van der Waals surface area contributed by atoms with E-state index in [4.69, 9.17) is 10.5 Å². The van der Waals surface area contributed by atoms with Crippen LogP contribution in [0.15, 0.2) is 12.7 Å². The van der Waals surface area contributed by atoms with Gasteiger partial charge in [-0.25, -0.2) is 0 Å². The zero-order valence-electron chi connectivity index (χ0n) is 13.1. The van der Waals surface area contributed by atoms with Crippen LogP contribution in [0.3, 0.4) is 0 Å². The number of nitrogens with zero attached hydrogens (tertiary/aromatic N) is 1. The lowest BCUT2D eigenvalue weighted by Crippen LogP contribution is -2.75. The standard InChI is InChI=1S/C15H28N2O2.ClH/c1-6-8-9-10-17(5)13(18)15(16)11-12(19-7-2)14(15,3)4;/h6,12H,1,7-11,16H2,2-5H3;1H. The van der Waals surface area contributed by atoms with Gasteiger partial charge in [-0.15, -0.1) is 19.0 Å². The third-order valence-corrected chi connectivity index (χ3v) is 4.46. The predicted octanol–water partition coefficient (Wildman–Crippen LogP) is 2.37. The van der Waals surface area contributed by atoms with Gasteiger partial charge in [0.15, 0.2) is 0 Å². The molecule has 20 heavy (non-hydrogen) atoms. The van der Waals surface area contributed by atoms with Gasteiger partial charge in [-0.1, -0.05) is 19.9 Å². The van der Waals surface area contributed by atoms with E-state index in [2.05, 4.69) is 6.58 Å². The van der Waals surface area contributed by atoms with Crippen molar-refractivity contribution in [2.24, 2.45) is 11.1 Å². The molecule has 0 radical (unpaired) electrons. The van der Waals surface area contributed by atoms with Crippen molar-refractivity contribution in [3.05, 3.63) is 12.7 Å². The van der Waals surface area contributed by atoms with Gasteiger partial charge in [0.25, 0.3) is 0 Å². The quantitative estimate of drug-likeness (QED) is 0.580. The van der Waals surface area contributed by atoms with Gasteiger partial charge in [-0.3, -0.25) is 4.79 Å². The lowest BCUT2D eigenvalue weighted by molar-refractivity contribution is -0.178. The number of likely N-dealkylation sites (N-methyl/N-ethyl adjacent to an activating group) is 1. The highest BCUT2D eigenvalue weighted by molar-refractivity contribution is 5.88. The number of carbonyl (C=O) groups is 1. The predicted molar refractivity (Wildman–Crippen MR) is 85.0 cm³/mol. The molecule has 0 aliphatic heterocycles. The van der Waals surface area contributed by atoms with E-state index in [1.807, 2.05) is 33.9 Å². The lowest BCUT2D eigenvalue weighted by atomic mass is 9.54. The van der Waals surface area contributed by atoms with Crippen molar-refractivity contribution in [1.82, 2.24) is 4.90 Å². The Morgan fingerprint density at radius 3 is 2.60 bits per heavy atom. The van der Waals surface area contributed by atoms with Crippen LogP contribution in [0, 0.1) is 5.41 Å². The Morgan fingerprint density at radius 2 is 2.15 bits per heavy atom. The maximum Gasteiger partial charge on any atom is 0.243 e. The van der Waals surface area contributed by atoms with E-state index in [0.717, 1.165) is 19.4 Å². The van der Waals surface area contributed by atoms with Crippen molar-refractivity contribution in [3.8, 4) is 0 Å². The zero-order valence-corrected chi connectivity index (χ0v) is 14.0. The Labute approximate surface area is 129 Å². The number of halogens is 1. The lowest BCUT2D eigenvalue weighted by Gasteiger charge is -2.58. The molecule has 5 heteroatoms. The van der Waals surface area contributed by atoms with Crippen LogP contribution in [-0.4, -0.2) is 42.6 Å². The summed E-state index contributed by atoms with van der Waals surface area (Å²) < 4.78 is 5.65. The fraction of sp³-hybridized carbons (Fsp3) is 0.800. The molecule has 2 atom stereocenters. The van der Waals surface area contributed by atoms with Gasteiger partial charge in [0.1, 0.15) is 5.54 Å². The second-order valence-corrected chi connectivity index (χ2v) is 6.00. The van der Waals surface area contributed by atoms with E-state index in [9.17, 15) is 4.79 Å². The van der Waals surface area contributed by atoms with Crippen LogP contribution >= 0.6 is 12.4 Å². The summed E-state index contributed by atoms with van der Waals surface area (Å²) >= 11 is 0. The van der Waals surface area contributed by atoms with Gasteiger partial charge in [0.2, 0.25) is 5.91 Å². The number of unbranched alkanes of at least 4 members (excludes halogenated alkanes) is 1. The summed E-state index contributed by atoms with van der Waals surface area (Å²) in [5.41, 5.74) is 5.25. The van der Waals surface area contributed by atoms with Crippen molar-refractivity contribution in [1.29, 1.82) is 0 Å². The molecule has 1 saturated carbocycles. The molecule has 1 aliphatic rings. The summed E-state index contributed by atoms with van der Waals surface area (Å²) in [6.45, 7) is 11.1. The van der Waals surface area contributed by atoms with Crippen molar-refractivity contribution in [2.45, 2.75) is 51.7 Å². The number of allylic oxidation sites excluding steroid dienone is 1. The number of nitrogens with two attached hydrogens (primary N) is 1. The Morgan fingerprint density at radius 1 is 1.55 bits per heavy atom. The van der Waals surface area contributed by atoms with E-state index in [0.29, 0.717) is 13.0 Å². The number of ether oxygens (including phenoxy) is 1. The van der Waals surface area contributed by atoms with E-state index in [1.54, 1.807) is 4.90 Å². The number of hydrogen-bond donors (Lipinski definition) is 1. The van der Waals surface area contributed by atoms with Gasteiger partial charge in [0.05, 0.1) is 6.10 Å². The third-order valence-electron chi connectivity index (χ3n) is 4.46. The van der Waals surface area contributed by atoms with E-state index in [-0.39, 0.29) is 29.8 Å². The van der Waals surface area contributed by atoms with E-state index >= 15 is 0 Å². The molecule has 2 N–H and O–H groups in total. The molecule has 118 valence electrons. The number of hydrogen-bond acceptors (Lipinski definition) is 3. The Hall–Kier alpha value is -0.580. The minimum atomic E-state index is -0.796. The van der Waals surface area contributed by atoms with Crippen LogP contribution < -0.4 is 5.73 Å². The molecular formula is C15H29ClN2O2. The maximum absolute atomic E-state index is 12.5. The smallest absolute Gasteiger partial charge is 0.243 e. The first kappa shape index (κ1) is 19.4. The fourth-order valence-corrected chi connectivity index (χ4v) is 2.71. The second kappa shape index (κ2) is 7.43. The number of amides is 1. The summed E-state index contributed by atoms with van der Waals surface area (Å²) in [5, 5.41) is 0. The summed E-state index contributed by atoms with van der Waals surface area (Å²) in [6.07, 6.45) is 4.40. The van der Waals surface area contributed by atoms with Crippen LogP contribution in [0.5, 0.6) is 0 Å². The molecule has 2 unspecified atom stereocenters. The molecule has 0 aromatic rings. The first-order chi connectivity index (χ1) is 8.81. The molecule has 0 spiro atoms. The third kappa shape index (κ3) is 3.35. The fourth-order valence-electron chi connectivity index (χ4n) is 2.71. The molecule has 0 bridgehead atoms. The molecule has 0 aromatic heterocycles. The highest BCUT2D eigenvalue weighted by Crippen LogP contribution is 2.50. The molecule has 0 aromatic carbocycles. The normalized spacial score (nSPS) is 27.1. The molecule has 0 heterocycles. The van der Waals surface area contributed by atoms with Crippen molar-refractivity contribution in [3.63, 3.8) is 0 Å². The van der Waals surface area contributed by atoms with Crippen molar-refractivity contribution < 1.29 is 9.53 Å². The van der Waals surface area contributed by atoms with Crippen LogP contribution in [0.1, 0.15) is 40.0 Å². The van der Waals surface area contributed by atoms with E-state index < -0.39 is 5.54 Å². The van der Waals surface area contributed by atoms with Gasteiger partial charge in [-0.2, -0.15) is 0 Å². The van der Waals surface area contributed by atoms with Crippen LogP contribution in [0.25, 0.3) is 0 Å².